The van der Waals surface area contributed by atoms with Crippen molar-refractivity contribution in [3.8, 4) is 11.5 Å². The lowest BCUT2D eigenvalue weighted by Crippen LogP contribution is -2.40. The van der Waals surface area contributed by atoms with Crippen LogP contribution in [0.15, 0.2) is 12.1 Å². The summed E-state index contributed by atoms with van der Waals surface area (Å²) in [6, 6.07) is 2.09. The second-order valence-corrected chi connectivity index (χ2v) is 6.38. The van der Waals surface area contributed by atoms with Crippen molar-refractivity contribution >= 4 is 23.5 Å². The molecule has 0 spiro atoms. The number of halogens is 1. The molecule has 1 saturated heterocycles. The van der Waals surface area contributed by atoms with Gasteiger partial charge in [-0.3, -0.25) is 4.79 Å². The van der Waals surface area contributed by atoms with Gasteiger partial charge in [-0.15, -0.1) is 0 Å². The summed E-state index contributed by atoms with van der Waals surface area (Å²) >= 11 is 6.29. The molecule has 8 heteroatoms. The number of likely N-dealkylation sites (tertiary alicyclic amines) is 1. The van der Waals surface area contributed by atoms with E-state index >= 15 is 0 Å². The minimum absolute atomic E-state index is 0.210. The number of hydrogen-bond acceptors (Lipinski definition) is 5. The van der Waals surface area contributed by atoms with Crippen LogP contribution in [0, 0.1) is 0 Å². The molecule has 0 aliphatic carbocycles. The summed E-state index contributed by atoms with van der Waals surface area (Å²) in [7, 11) is 1.50. The smallest absolute Gasteiger partial charge is 0.326 e. The van der Waals surface area contributed by atoms with E-state index in [1.807, 2.05) is 13.8 Å². The van der Waals surface area contributed by atoms with Crippen molar-refractivity contribution in [3.05, 3.63) is 22.7 Å². The summed E-state index contributed by atoms with van der Waals surface area (Å²) in [5, 5.41) is 9.66. The van der Waals surface area contributed by atoms with Crippen molar-refractivity contribution in [2.75, 3.05) is 26.9 Å². The van der Waals surface area contributed by atoms with Crippen LogP contribution >= 0.6 is 11.6 Å². The molecular weight excluding hydrogens is 362 g/mol. The monoisotopic (exact) mass is 385 g/mol. The lowest BCUT2D eigenvalue weighted by Gasteiger charge is -2.22. The summed E-state index contributed by atoms with van der Waals surface area (Å²) in [6.07, 6.45) is 0.741. The Morgan fingerprint density at radius 2 is 2.04 bits per heavy atom. The summed E-state index contributed by atoms with van der Waals surface area (Å²) in [4.78, 5) is 25.7. The molecule has 1 aromatic carbocycles. The minimum Gasteiger partial charge on any atom is -0.490 e. The van der Waals surface area contributed by atoms with Crippen LogP contribution in [0.1, 0.15) is 37.0 Å². The molecule has 1 aliphatic rings. The van der Waals surface area contributed by atoms with Crippen LogP contribution in [0.3, 0.4) is 0 Å². The van der Waals surface area contributed by atoms with Gasteiger partial charge in [0.15, 0.2) is 11.5 Å². The average molecular weight is 386 g/mol. The Bertz CT molecular complexity index is 665. The number of aliphatic carboxylic acids is 1. The predicted octanol–water partition coefficient (Wildman–Crippen LogP) is 2.84. The van der Waals surface area contributed by atoms with Crippen LogP contribution in [0.4, 0.5) is 0 Å². The van der Waals surface area contributed by atoms with Crippen LogP contribution < -0.4 is 9.47 Å². The largest absolute Gasteiger partial charge is 0.490 e. The number of carboxylic acid groups (broad SMARTS) is 1. The topological polar surface area (TPSA) is 85.3 Å². The van der Waals surface area contributed by atoms with E-state index in [2.05, 4.69) is 0 Å². The number of nitrogens with zero attached hydrogens (tertiary/aromatic N) is 1. The fourth-order valence-corrected chi connectivity index (χ4v) is 3.16. The van der Waals surface area contributed by atoms with Gasteiger partial charge >= 0.3 is 5.97 Å². The Balaban J connectivity index is 2.34. The quantitative estimate of drug-likeness (QED) is 0.740. The first kappa shape index (κ1) is 20.3. The molecule has 0 aromatic heterocycles. The van der Waals surface area contributed by atoms with Gasteiger partial charge in [0.05, 0.1) is 24.3 Å². The Morgan fingerprint density at radius 1 is 1.31 bits per heavy atom. The number of hydrogen-bond donors (Lipinski definition) is 1. The standard InChI is InChI=1S/C18H24ClNO6/c1-4-6-26-16-13(19)7-11(8-15(16)25-5-2)17(21)20-10-12(24-3)9-14(20)18(22)23/h7-8,12,14H,4-6,9-10H2,1-3H3,(H,22,23). The zero-order valence-electron chi connectivity index (χ0n) is 15.2. The van der Waals surface area contributed by atoms with Gasteiger partial charge in [-0.25, -0.2) is 4.79 Å². The first-order valence-electron chi connectivity index (χ1n) is 8.58. The van der Waals surface area contributed by atoms with Gasteiger partial charge in [0.25, 0.3) is 5.91 Å². The highest BCUT2D eigenvalue weighted by molar-refractivity contribution is 6.32. The molecule has 1 fully saturated rings. The van der Waals surface area contributed by atoms with Crippen molar-refractivity contribution < 1.29 is 28.9 Å². The van der Waals surface area contributed by atoms with Crippen molar-refractivity contribution in [1.82, 2.24) is 4.90 Å². The number of amides is 1. The zero-order chi connectivity index (χ0) is 19.3. The molecule has 7 nitrogen and oxygen atoms in total. The van der Waals surface area contributed by atoms with Crippen LogP contribution in [0.25, 0.3) is 0 Å². The van der Waals surface area contributed by atoms with Crippen molar-refractivity contribution in [1.29, 1.82) is 0 Å². The Hall–Kier alpha value is -1.99. The first-order chi connectivity index (χ1) is 12.4. The van der Waals surface area contributed by atoms with E-state index < -0.39 is 17.9 Å². The maximum atomic E-state index is 12.9. The highest BCUT2D eigenvalue weighted by atomic mass is 35.5. The van der Waals surface area contributed by atoms with Gasteiger partial charge < -0.3 is 24.2 Å². The van der Waals surface area contributed by atoms with Gasteiger partial charge in [0.2, 0.25) is 0 Å². The Kier molecular flexibility index (Phi) is 7.11. The van der Waals surface area contributed by atoms with E-state index in [-0.39, 0.29) is 29.7 Å². The third kappa shape index (κ3) is 4.40. The third-order valence-corrected chi connectivity index (χ3v) is 4.43. The van der Waals surface area contributed by atoms with Crippen LogP contribution in [-0.4, -0.2) is 60.9 Å². The zero-order valence-corrected chi connectivity index (χ0v) is 15.9. The summed E-state index contributed by atoms with van der Waals surface area (Å²) in [5.41, 5.74) is 0.255. The Labute approximate surface area is 157 Å². The molecule has 0 bridgehead atoms. The average Bonchev–Trinajstić information content (AvgIpc) is 3.05. The summed E-state index contributed by atoms with van der Waals surface area (Å²) in [5.74, 6) is -0.733. The fraction of sp³-hybridized carbons (Fsp3) is 0.556. The molecule has 1 aliphatic heterocycles. The van der Waals surface area contributed by atoms with Crippen LogP contribution in [0.2, 0.25) is 5.02 Å². The number of rotatable bonds is 8. The maximum Gasteiger partial charge on any atom is 0.326 e. The molecule has 1 heterocycles. The van der Waals surface area contributed by atoms with E-state index in [0.717, 1.165) is 6.42 Å². The summed E-state index contributed by atoms with van der Waals surface area (Å²) < 4.78 is 16.4. The lowest BCUT2D eigenvalue weighted by molar-refractivity contribution is -0.141. The van der Waals surface area contributed by atoms with E-state index in [0.29, 0.717) is 24.7 Å². The molecule has 2 rings (SSSR count). The number of benzene rings is 1. The fourth-order valence-electron chi connectivity index (χ4n) is 2.89. The van der Waals surface area contributed by atoms with E-state index in [1.54, 1.807) is 6.07 Å². The van der Waals surface area contributed by atoms with Crippen LogP contribution in [-0.2, 0) is 9.53 Å². The molecule has 144 valence electrons. The van der Waals surface area contributed by atoms with Gasteiger partial charge in [-0.2, -0.15) is 0 Å². The van der Waals surface area contributed by atoms with Gasteiger partial charge in [0.1, 0.15) is 6.04 Å². The molecule has 0 radical (unpaired) electrons. The SMILES string of the molecule is CCCOc1c(Cl)cc(C(=O)N2CC(OC)CC2C(=O)O)cc1OCC. The highest BCUT2D eigenvalue weighted by Gasteiger charge is 2.40. The molecule has 0 saturated carbocycles. The minimum atomic E-state index is -1.06. The third-order valence-electron chi connectivity index (χ3n) is 4.15. The van der Waals surface area contributed by atoms with Crippen molar-refractivity contribution in [3.63, 3.8) is 0 Å². The van der Waals surface area contributed by atoms with E-state index in [9.17, 15) is 14.7 Å². The molecular formula is C18H24ClNO6. The van der Waals surface area contributed by atoms with Crippen molar-refractivity contribution in [2.45, 2.75) is 38.8 Å². The number of ether oxygens (including phenoxy) is 3. The highest BCUT2D eigenvalue weighted by Crippen LogP contribution is 2.37. The molecule has 1 N–H and O–H groups in total. The Morgan fingerprint density at radius 3 is 2.62 bits per heavy atom. The molecule has 1 amide bonds. The second-order valence-electron chi connectivity index (χ2n) is 5.97. The number of methoxy groups -OCH3 is 1. The number of carbonyl (C=O) groups excluding carboxylic acids is 1. The van der Waals surface area contributed by atoms with E-state index in [4.69, 9.17) is 25.8 Å². The second kappa shape index (κ2) is 9.09. The van der Waals surface area contributed by atoms with Gasteiger partial charge in [-0.05, 0) is 25.5 Å². The predicted molar refractivity (Wildman–Crippen MR) is 96.3 cm³/mol. The maximum absolute atomic E-state index is 12.9. The number of carboxylic acids is 1. The van der Waals surface area contributed by atoms with Gasteiger partial charge in [-0.1, -0.05) is 18.5 Å². The van der Waals surface area contributed by atoms with Crippen LogP contribution in [0.5, 0.6) is 11.5 Å². The van der Waals surface area contributed by atoms with Crippen molar-refractivity contribution in [2.24, 2.45) is 0 Å². The molecule has 2 unspecified atom stereocenters. The molecule has 26 heavy (non-hydrogen) atoms. The van der Waals surface area contributed by atoms with E-state index in [1.165, 1.54) is 18.1 Å². The summed E-state index contributed by atoms with van der Waals surface area (Å²) in [6.45, 7) is 4.84. The first-order valence-corrected chi connectivity index (χ1v) is 8.96. The lowest BCUT2D eigenvalue weighted by atomic mass is 10.1. The molecule has 2 atom stereocenters. The number of carbonyl (C=O) groups is 2. The van der Waals surface area contributed by atoms with Gasteiger partial charge in [0, 0.05) is 25.6 Å². The molecule has 1 aromatic rings. The normalized spacial score (nSPS) is 19.5.